The summed E-state index contributed by atoms with van der Waals surface area (Å²) in [6.45, 7) is 1.90. The van der Waals surface area contributed by atoms with Gasteiger partial charge >= 0.3 is 0 Å². The second kappa shape index (κ2) is 6.97. The van der Waals surface area contributed by atoms with Crippen LogP contribution >= 0.6 is 0 Å². The van der Waals surface area contributed by atoms with Crippen LogP contribution in [0, 0.1) is 11.6 Å². The third-order valence-electron chi connectivity index (χ3n) is 4.80. The maximum atomic E-state index is 13.4. The minimum atomic E-state index is -3.26. The first-order chi connectivity index (χ1) is 11.8. The summed E-state index contributed by atoms with van der Waals surface area (Å²) < 4.78 is 55.8. The minimum Gasteiger partial charge on any atom is -0.383 e. The number of ether oxygens (including phenoxy) is 1. The molecule has 0 aromatic heterocycles. The van der Waals surface area contributed by atoms with Crippen molar-refractivity contribution in [1.29, 1.82) is 0 Å². The van der Waals surface area contributed by atoms with Gasteiger partial charge in [0.1, 0.15) is 0 Å². The van der Waals surface area contributed by atoms with Gasteiger partial charge in [0, 0.05) is 38.3 Å². The topological polar surface area (TPSA) is 66.9 Å². The van der Waals surface area contributed by atoms with Gasteiger partial charge in [-0.25, -0.2) is 17.2 Å². The Hall–Kier alpha value is -1.58. The zero-order valence-corrected chi connectivity index (χ0v) is 14.6. The molecule has 9 heteroatoms. The number of nitrogens with zero attached hydrogens (tertiary/aromatic N) is 2. The lowest BCUT2D eigenvalue weighted by molar-refractivity contribution is 0.0247. The lowest BCUT2D eigenvalue weighted by atomic mass is 10.0. The molecule has 1 aromatic rings. The van der Waals surface area contributed by atoms with E-state index in [4.69, 9.17) is 4.74 Å². The van der Waals surface area contributed by atoms with Crippen LogP contribution in [0.2, 0.25) is 0 Å². The molecule has 1 aromatic carbocycles. The summed E-state index contributed by atoms with van der Waals surface area (Å²) in [6.07, 6.45) is 0. The molecule has 2 fully saturated rings. The molecule has 3 rings (SSSR count). The van der Waals surface area contributed by atoms with Crippen molar-refractivity contribution < 1.29 is 26.7 Å². The van der Waals surface area contributed by atoms with Gasteiger partial charge in [0.05, 0.1) is 24.2 Å². The zero-order chi connectivity index (χ0) is 18.2. The molecule has 0 N–H and O–H groups in total. The van der Waals surface area contributed by atoms with Crippen LogP contribution in [0.3, 0.4) is 0 Å². The Morgan fingerprint density at radius 3 is 2.60 bits per heavy atom. The van der Waals surface area contributed by atoms with Crippen molar-refractivity contribution in [3.63, 3.8) is 0 Å². The van der Waals surface area contributed by atoms with Gasteiger partial charge in [-0.2, -0.15) is 0 Å². The normalized spacial score (nSPS) is 25.8. The van der Waals surface area contributed by atoms with Crippen LogP contribution in [0.5, 0.6) is 0 Å². The zero-order valence-electron chi connectivity index (χ0n) is 13.8. The summed E-state index contributed by atoms with van der Waals surface area (Å²) in [4.78, 5) is 16.2. The van der Waals surface area contributed by atoms with E-state index in [0.717, 1.165) is 12.1 Å². The Labute approximate surface area is 145 Å². The van der Waals surface area contributed by atoms with E-state index >= 15 is 0 Å². The molecule has 0 aliphatic carbocycles. The summed E-state index contributed by atoms with van der Waals surface area (Å²) in [5.41, 5.74) is 0.0206. The maximum absolute atomic E-state index is 13.4. The number of amides is 1. The average Bonchev–Trinajstić information content (AvgIpc) is 2.89. The van der Waals surface area contributed by atoms with E-state index < -0.39 is 33.4 Å². The molecule has 0 spiro atoms. The number of fused-ring (bicyclic) bond motifs is 1. The van der Waals surface area contributed by atoms with Gasteiger partial charge in [0.25, 0.3) is 5.91 Å². The fourth-order valence-electron chi connectivity index (χ4n) is 3.56. The molecule has 6 nitrogen and oxygen atoms in total. The van der Waals surface area contributed by atoms with Crippen molar-refractivity contribution in [3.8, 4) is 0 Å². The first-order valence-corrected chi connectivity index (χ1v) is 9.84. The highest BCUT2D eigenvalue weighted by Crippen LogP contribution is 2.28. The smallest absolute Gasteiger partial charge is 0.254 e. The van der Waals surface area contributed by atoms with E-state index in [-0.39, 0.29) is 23.1 Å². The molecule has 2 heterocycles. The first-order valence-electron chi connectivity index (χ1n) is 8.02. The summed E-state index contributed by atoms with van der Waals surface area (Å²) in [6, 6.07) is 2.18. The number of sulfone groups is 1. The predicted molar refractivity (Wildman–Crippen MR) is 87.1 cm³/mol. The molecule has 1 amide bonds. The fraction of sp³-hybridized carbons (Fsp3) is 0.562. The molecule has 2 aliphatic rings. The lowest BCUT2D eigenvalue weighted by Gasteiger charge is -2.43. The first kappa shape index (κ1) is 18.2. The molecule has 2 atom stereocenters. The number of methoxy groups -OCH3 is 1. The Morgan fingerprint density at radius 2 is 1.92 bits per heavy atom. The second-order valence-corrected chi connectivity index (χ2v) is 8.52. The van der Waals surface area contributed by atoms with E-state index in [2.05, 4.69) is 0 Å². The van der Waals surface area contributed by atoms with Crippen LogP contribution in [-0.4, -0.2) is 81.1 Å². The van der Waals surface area contributed by atoms with Crippen LogP contribution in [0.4, 0.5) is 8.78 Å². The quantitative estimate of drug-likeness (QED) is 0.769. The van der Waals surface area contributed by atoms with Gasteiger partial charge in [-0.1, -0.05) is 0 Å². The van der Waals surface area contributed by atoms with Gasteiger partial charge in [-0.15, -0.1) is 0 Å². The van der Waals surface area contributed by atoms with Crippen molar-refractivity contribution in [3.05, 3.63) is 35.4 Å². The second-order valence-electron chi connectivity index (χ2n) is 6.37. The predicted octanol–water partition coefficient (Wildman–Crippen LogP) is 0.535. The van der Waals surface area contributed by atoms with Crippen molar-refractivity contribution in [2.75, 3.05) is 44.9 Å². The van der Waals surface area contributed by atoms with Crippen molar-refractivity contribution in [2.24, 2.45) is 0 Å². The highest BCUT2D eigenvalue weighted by molar-refractivity contribution is 7.91. The standard InChI is InChI=1S/C16H20F2N2O4S/c1-24-7-6-19-4-5-20(15-10-25(22,23)9-14(15)19)16(21)11-2-3-12(17)13(18)8-11/h2-3,8,14-15H,4-7,9-10H2,1H3/t14-,15+/m1/s1. The Bertz CT molecular complexity index is 771. The molecule has 0 unspecified atom stereocenters. The summed E-state index contributed by atoms with van der Waals surface area (Å²) >= 11 is 0. The number of rotatable bonds is 4. The number of piperazine rings is 1. The fourth-order valence-corrected chi connectivity index (χ4v) is 5.57. The van der Waals surface area contributed by atoms with Gasteiger partial charge < -0.3 is 9.64 Å². The number of halogens is 2. The van der Waals surface area contributed by atoms with Crippen molar-refractivity contribution in [1.82, 2.24) is 9.80 Å². The molecule has 0 bridgehead atoms. The number of carbonyl (C=O) groups excluding carboxylic acids is 1. The monoisotopic (exact) mass is 374 g/mol. The van der Waals surface area contributed by atoms with Crippen LogP contribution in [0.15, 0.2) is 18.2 Å². The van der Waals surface area contributed by atoms with E-state index in [1.807, 2.05) is 4.90 Å². The minimum absolute atomic E-state index is 0.0110. The SMILES string of the molecule is COCCN1CCN(C(=O)c2ccc(F)c(F)c2)[C@H]2CS(=O)(=O)C[C@H]21. The Balaban J connectivity index is 1.85. The van der Waals surface area contributed by atoms with Crippen LogP contribution in [0.25, 0.3) is 0 Å². The van der Waals surface area contributed by atoms with Gasteiger partial charge in [-0.05, 0) is 18.2 Å². The highest BCUT2D eigenvalue weighted by Gasteiger charge is 2.47. The summed E-state index contributed by atoms with van der Waals surface area (Å²) in [5.74, 6) is -2.72. The average molecular weight is 374 g/mol. The number of benzene rings is 1. The number of hydrogen-bond acceptors (Lipinski definition) is 5. The van der Waals surface area contributed by atoms with Crippen LogP contribution in [-0.2, 0) is 14.6 Å². The molecule has 0 saturated carbocycles. The summed E-state index contributed by atoms with van der Waals surface area (Å²) in [7, 11) is -1.69. The van der Waals surface area contributed by atoms with Crippen LogP contribution in [0.1, 0.15) is 10.4 Å². The Kier molecular flexibility index (Phi) is 5.08. The largest absolute Gasteiger partial charge is 0.383 e. The maximum Gasteiger partial charge on any atom is 0.254 e. The molecule has 2 aliphatic heterocycles. The van der Waals surface area contributed by atoms with Gasteiger partial charge in [-0.3, -0.25) is 9.69 Å². The summed E-state index contributed by atoms with van der Waals surface area (Å²) in [5, 5.41) is 0. The van der Waals surface area contributed by atoms with E-state index in [9.17, 15) is 22.0 Å². The van der Waals surface area contributed by atoms with E-state index in [1.54, 1.807) is 7.11 Å². The van der Waals surface area contributed by atoms with Gasteiger partial charge in [0.15, 0.2) is 21.5 Å². The third-order valence-corrected chi connectivity index (χ3v) is 6.50. The highest BCUT2D eigenvalue weighted by atomic mass is 32.2. The molecule has 138 valence electrons. The third kappa shape index (κ3) is 3.68. The van der Waals surface area contributed by atoms with Gasteiger partial charge in [0.2, 0.25) is 0 Å². The Morgan fingerprint density at radius 1 is 1.20 bits per heavy atom. The van der Waals surface area contributed by atoms with Crippen molar-refractivity contribution in [2.45, 2.75) is 12.1 Å². The number of hydrogen-bond donors (Lipinski definition) is 0. The molecular weight excluding hydrogens is 354 g/mol. The van der Waals surface area contributed by atoms with Crippen molar-refractivity contribution >= 4 is 15.7 Å². The van der Waals surface area contributed by atoms with E-state index in [0.29, 0.717) is 26.2 Å². The molecular formula is C16H20F2N2O4S. The lowest BCUT2D eigenvalue weighted by Crippen LogP contribution is -2.61. The van der Waals surface area contributed by atoms with Crippen LogP contribution < -0.4 is 0 Å². The molecule has 0 radical (unpaired) electrons. The molecule has 2 saturated heterocycles. The number of carbonyl (C=O) groups is 1. The van der Waals surface area contributed by atoms with E-state index in [1.165, 1.54) is 11.0 Å². The molecule has 25 heavy (non-hydrogen) atoms.